The molecule has 0 aliphatic rings. The summed E-state index contributed by atoms with van der Waals surface area (Å²) in [5.41, 5.74) is 1.71. The maximum atomic E-state index is 12.4. The summed E-state index contributed by atoms with van der Waals surface area (Å²) in [5, 5.41) is 11.7. The zero-order chi connectivity index (χ0) is 18.5. The second kappa shape index (κ2) is 7.34. The van der Waals surface area contributed by atoms with Crippen molar-refractivity contribution in [1.82, 2.24) is 25.5 Å². The lowest BCUT2D eigenvalue weighted by molar-refractivity contribution is 0.0958. The molecule has 0 fully saturated rings. The highest BCUT2D eigenvalue weighted by atomic mass is 16.2. The van der Waals surface area contributed by atoms with Gasteiger partial charge in [0.2, 0.25) is 0 Å². The summed E-state index contributed by atoms with van der Waals surface area (Å²) in [5.74, 6) is -0.837. The standard InChI is InChI=1S/C17H14N6O3/c1-18-17(26)13-8-11(4-7-20-13)16(25)21-15-12(9-24)14(22-23-15)10-2-5-19-6-3-10/h2-9H,1H3,(H,18,26)(H2,21,22,23,25). The number of hydrogen-bond donors (Lipinski definition) is 3. The SMILES string of the molecule is CNC(=O)c1cc(C(=O)Nc2n[nH]c(-c3ccncc3)c2C=O)ccn1. The average molecular weight is 350 g/mol. The molecule has 3 rings (SSSR count). The first-order valence-corrected chi connectivity index (χ1v) is 7.57. The lowest BCUT2D eigenvalue weighted by atomic mass is 10.1. The van der Waals surface area contributed by atoms with Crippen molar-refractivity contribution in [2.24, 2.45) is 0 Å². The van der Waals surface area contributed by atoms with E-state index in [9.17, 15) is 14.4 Å². The fraction of sp³-hybridized carbons (Fsp3) is 0.0588. The number of carbonyl (C=O) groups excluding carboxylic acids is 3. The highest BCUT2D eigenvalue weighted by molar-refractivity contribution is 6.07. The molecule has 26 heavy (non-hydrogen) atoms. The summed E-state index contributed by atoms with van der Waals surface area (Å²) in [6.07, 6.45) is 5.13. The Morgan fingerprint density at radius 3 is 2.58 bits per heavy atom. The Kier molecular flexibility index (Phi) is 4.79. The number of carbonyl (C=O) groups is 3. The molecule has 0 saturated carbocycles. The van der Waals surface area contributed by atoms with Crippen LogP contribution in [0, 0.1) is 0 Å². The molecule has 130 valence electrons. The molecule has 9 heteroatoms. The van der Waals surface area contributed by atoms with Gasteiger partial charge >= 0.3 is 0 Å². The third-order valence-corrected chi connectivity index (χ3v) is 3.60. The number of H-pyrrole nitrogens is 1. The van der Waals surface area contributed by atoms with E-state index in [0.717, 1.165) is 0 Å². The van der Waals surface area contributed by atoms with E-state index in [0.29, 0.717) is 17.5 Å². The number of anilines is 1. The molecule has 2 amide bonds. The fourth-order valence-electron chi connectivity index (χ4n) is 2.30. The number of nitrogens with one attached hydrogen (secondary N) is 3. The van der Waals surface area contributed by atoms with Crippen LogP contribution in [0.4, 0.5) is 5.82 Å². The number of nitrogens with zero attached hydrogens (tertiary/aromatic N) is 3. The molecule has 0 unspecified atom stereocenters. The lowest BCUT2D eigenvalue weighted by Gasteiger charge is -2.05. The van der Waals surface area contributed by atoms with E-state index in [1.54, 1.807) is 24.5 Å². The van der Waals surface area contributed by atoms with Crippen molar-refractivity contribution in [2.75, 3.05) is 12.4 Å². The van der Waals surface area contributed by atoms with Crippen LogP contribution in [0.2, 0.25) is 0 Å². The molecule has 0 bridgehead atoms. The van der Waals surface area contributed by atoms with Crippen LogP contribution in [-0.4, -0.2) is 45.3 Å². The Bertz CT molecular complexity index is 968. The van der Waals surface area contributed by atoms with Gasteiger partial charge in [0.25, 0.3) is 11.8 Å². The van der Waals surface area contributed by atoms with Crippen molar-refractivity contribution in [3.8, 4) is 11.3 Å². The molecule has 3 aromatic rings. The van der Waals surface area contributed by atoms with Gasteiger partial charge in [-0.25, -0.2) is 0 Å². The van der Waals surface area contributed by atoms with Gasteiger partial charge in [0.05, 0.1) is 11.3 Å². The van der Waals surface area contributed by atoms with Gasteiger partial charge in [0, 0.05) is 36.8 Å². The number of aromatic nitrogens is 4. The Labute approximate surface area is 147 Å². The quantitative estimate of drug-likeness (QED) is 0.595. The van der Waals surface area contributed by atoms with E-state index in [1.807, 2.05) is 0 Å². The molecular formula is C17H14N6O3. The zero-order valence-electron chi connectivity index (χ0n) is 13.7. The summed E-state index contributed by atoms with van der Waals surface area (Å²) in [4.78, 5) is 43.4. The van der Waals surface area contributed by atoms with Gasteiger partial charge in [-0.3, -0.25) is 29.5 Å². The summed E-state index contributed by atoms with van der Waals surface area (Å²) in [7, 11) is 1.47. The van der Waals surface area contributed by atoms with Crippen LogP contribution in [0.5, 0.6) is 0 Å². The first kappa shape index (κ1) is 17.0. The molecule has 3 N–H and O–H groups in total. The number of hydrogen-bond acceptors (Lipinski definition) is 6. The largest absolute Gasteiger partial charge is 0.354 e. The van der Waals surface area contributed by atoms with Gasteiger partial charge in [0.1, 0.15) is 5.69 Å². The molecule has 3 aromatic heterocycles. The highest BCUT2D eigenvalue weighted by Crippen LogP contribution is 2.25. The number of aromatic amines is 1. The molecule has 0 aliphatic carbocycles. The number of amides is 2. The van der Waals surface area contributed by atoms with E-state index in [4.69, 9.17) is 0 Å². The van der Waals surface area contributed by atoms with Crippen molar-refractivity contribution >= 4 is 23.9 Å². The van der Waals surface area contributed by atoms with E-state index < -0.39 is 11.8 Å². The third kappa shape index (κ3) is 3.31. The Morgan fingerprint density at radius 1 is 1.12 bits per heavy atom. The molecule has 0 spiro atoms. The topological polar surface area (TPSA) is 130 Å². The maximum absolute atomic E-state index is 12.4. The number of rotatable bonds is 5. The fourth-order valence-corrected chi connectivity index (χ4v) is 2.30. The Hall–Kier alpha value is -3.88. The van der Waals surface area contributed by atoms with Crippen LogP contribution in [-0.2, 0) is 0 Å². The Morgan fingerprint density at radius 2 is 1.88 bits per heavy atom. The highest BCUT2D eigenvalue weighted by Gasteiger charge is 2.18. The smallest absolute Gasteiger partial charge is 0.269 e. The molecular weight excluding hydrogens is 336 g/mol. The van der Waals surface area contributed by atoms with Crippen molar-refractivity contribution in [3.63, 3.8) is 0 Å². The molecule has 0 atom stereocenters. The minimum atomic E-state index is -0.520. The van der Waals surface area contributed by atoms with Crippen LogP contribution in [0.3, 0.4) is 0 Å². The first-order chi connectivity index (χ1) is 12.6. The van der Waals surface area contributed by atoms with Gasteiger partial charge in [-0.15, -0.1) is 0 Å². The average Bonchev–Trinajstić information content (AvgIpc) is 3.10. The van der Waals surface area contributed by atoms with E-state index in [1.165, 1.54) is 25.4 Å². The van der Waals surface area contributed by atoms with Gasteiger partial charge in [0.15, 0.2) is 12.1 Å². The van der Waals surface area contributed by atoms with Crippen molar-refractivity contribution in [2.45, 2.75) is 0 Å². The minimum absolute atomic E-state index is 0.0927. The van der Waals surface area contributed by atoms with E-state index in [-0.39, 0.29) is 22.6 Å². The van der Waals surface area contributed by atoms with Gasteiger partial charge in [-0.2, -0.15) is 5.10 Å². The molecule has 9 nitrogen and oxygen atoms in total. The summed E-state index contributed by atoms with van der Waals surface area (Å²) in [6, 6.07) is 6.24. The van der Waals surface area contributed by atoms with Gasteiger partial charge < -0.3 is 10.6 Å². The zero-order valence-corrected chi connectivity index (χ0v) is 13.7. The van der Waals surface area contributed by atoms with Gasteiger partial charge in [-0.05, 0) is 24.3 Å². The maximum Gasteiger partial charge on any atom is 0.269 e. The van der Waals surface area contributed by atoms with Crippen LogP contribution in [0.15, 0.2) is 42.9 Å². The second-order valence-corrected chi connectivity index (χ2v) is 5.18. The van der Waals surface area contributed by atoms with E-state index >= 15 is 0 Å². The predicted molar refractivity (Wildman–Crippen MR) is 92.8 cm³/mol. The molecule has 0 aromatic carbocycles. The van der Waals surface area contributed by atoms with Crippen molar-refractivity contribution in [1.29, 1.82) is 0 Å². The number of pyridine rings is 2. The van der Waals surface area contributed by atoms with E-state index in [2.05, 4.69) is 30.8 Å². The van der Waals surface area contributed by atoms with Crippen LogP contribution < -0.4 is 10.6 Å². The first-order valence-electron chi connectivity index (χ1n) is 7.57. The second-order valence-electron chi connectivity index (χ2n) is 5.18. The van der Waals surface area contributed by atoms with Crippen molar-refractivity contribution < 1.29 is 14.4 Å². The third-order valence-electron chi connectivity index (χ3n) is 3.60. The summed E-state index contributed by atoms with van der Waals surface area (Å²) in [6.45, 7) is 0. The van der Waals surface area contributed by atoms with Crippen molar-refractivity contribution in [3.05, 3.63) is 59.7 Å². The molecule has 0 aliphatic heterocycles. The summed E-state index contributed by atoms with van der Waals surface area (Å²) < 4.78 is 0. The van der Waals surface area contributed by atoms with Crippen LogP contribution >= 0.6 is 0 Å². The lowest BCUT2D eigenvalue weighted by Crippen LogP contribution is -2.20. The predicted octanol–water partition coefficient (Wildman–Crippen LogP) is 1.29. The normalized spacial score (nSPS) is 10.2. The summed E-state index contributed by atoms with van der Waals surface area (Å²) >= 11 is 0. The van der Waals surface area contributed by atoms with Crippen LogP contribution in [0.1, 0.15) is 31.2 Å². The Balaban J connectivity index is 1.88. The molecule has 0 radical (unpaired) electrons. The van der Waals surface area contributed by atoms with Gasteiger partial charge in [-0.1, -0.05) is 0 Å². The molecule has 3 heterocycles. The molecule has 0 saturated heterocycles. The monoisotopic (exact) mass is 350 g/mol. The minimum Gasteiger partial charge on any atom is -0.354 e. The van der Waals surface area contributed by atoms with Crippen LogP contribution in [0.25, 0.3) is 11.3 Å². The number of aldehydes is 1.